The van der Waals surface area contributed by atoms with Crippen LogP contribution in [0.25, 0.3) is 0 Å². The molecule has 0 aliphatic carbocycles. The summed E-state index contributed by atoms with van der Waals surface area (Å²) in [5.74, 6) is 0.884. The number of aryl methyl sites for hydroxylation is 1. The molecule has 0 atom stereocenters. The number of Topliss-reactive ketones (excluding diaryl/α,β-unsaturated/α-hetero) is 1. The lowest BCUT2D eigenvalue weighted by Crippen LogP contribution is -2.12. The Hall–Kier alpha value is -1.88. The van der Waals surface area contributed by atoms with Gasteiger partial charge in [0.05, 0.1) is 11.3 Å². The molecule has 0 aliphatic rings. The maximum atomic E-state index is 11.5. The molecule has 1 aromatic carbocycles. The lowest BCUT2D eigenvalue weighted by molar-refractivity contribution is 0.101. The van der Waals surface area contributed by atoms with Gasteiger partial charge in [0.25, 0.3) is 0 Å². The number of aromatic nitrogens is 1. The minimum absolute atomic E-state index is 0.0396. The number of carbonyl (C=O) groups is 1. The molecule has 1 aromatic heterocycles. The van der Waals surface area contributed by atoms with Crippen molar-refractivity contribution in [2.75, 3.05) is 18.5 Å². The number of benzene rings is 1. The highest BCUT2D eigenvalue weighted by molar-refractivity contribution is 7.10. The Morgan fingerprint density at radius 2 is 2.11 bits per heavy atom. The lowest BCUT2D eigenvalue weighted by Gasteiger charge is -2.07. The molecule has 0 fully saturated rings. The van der Waals surface area contributed by atoms with Gasteiger partial charge < -0.3 is 10.1 Å². The number of anilines is 1. The molecule has 19 heavy (non-hydrogen) atoms. The minimum atomic E-state index is 0.0396. The van der Waals surface area contributed by atoms with Gasteiger partial charge >= 0.3 is 0 Å². The summed E-state index contributed by atoms with van der Waals surface area (Å²) < 4.78 is 9.76. The smallest absolute Gasteiger partial charge is 0.164 e. The van der Waals surface area contributed by atoms with Crippen LogP contribution in [0.5, 0.6) is 5.75 Å². The molecule has 2 aromatic rings. The highest BCUT2D eigenvalue weighted by Gasteiger charge is 2.14. The van der Waals surface area contributed by atoms with Crippen molar-refractivity contribution in [3.63, 3.8) is 0 Å². The summed E-state index contributed by atoms with van der Waals surface area (Å²) in [6, 6.07) is 9.65. The Kier molecular flexibility index (Phi) is 4.52. The number of carbonyl (C=O) groups excluding carboxylic acids is 1. The zero-order valence-electron chi connectivity index (χ0n) is 11.0. The van der Waals surface area contributed by atoms with Crippen LogP contribution in [0, 0.1) is 6.92 Å². The quantitative estimate of drug-likeness (QED) is 0.650. The van der Waals surface area contributed by atoms with E-state index >= 15 is 0 Å². The third kappa shape index (κ3) is 3.54. The molecule has 0 radical (unpaired) electrons. The summed E-state index contributed by atoms with van der Waals surface area (Å²) in [5.41, 5.74) is 1.47. The van der Waals surface area contributed by atoms with Crippen molar-refractivity contribution in [1.29, 1.82) is 0 Å². The van der Waals surface area contributed by atoms with Crippen molar-refractivity contribution < 1.29 is 9.53 Å². The Balaban J connectivity index is 1.85. The normalized spacial score (nSPS) is 10.2. The summed E-state index contributed by atoms with van der Waals surface area (Å²) in [5, 5.41) is 4.02. The van der Waals surface area contributed by atoms with Crippen molar-refractivity contribution in [2.24, 2.45) is 0 Å². The van der Waals surface area contributed by atoms with Gasteiger partial charge in [-0.2, -0.15) is 4.37 Å². The number of ether oxygens (including phenoxy) is 1. The molecule has 0 spiro atoms. The fraction of sp³-hybridized carbons (Fsp3) is 0.286. The molecule has 100 valence electrons. The van der Waals surface area contributed by atoms with Gasteiger partial charge in [-0.1, -0.05) is 18.2 Å². The number of nitrogens with zero attached hydrogens (tertiary/aromatic N) is 1. The van der Waals surface area contributed by atoms with Gasteiger partial charge in [0, 0.05) is 6.54 Å². The van der Waals surface area contributed by atoms with Gasteiger partial charge in [-0.25, -0.2) is 0 Å². The van der Waals surface area contributed by atoms with E-state index in [9.17, 15) is 4.79 Å². The lowest BCUT2D eigenvalue weighted by atomic mass is 10.2. The summed E-state index contributed by atoms with van der Waals surface area (Å²) in [7, 11) is 0. The standard InChI is InChI=1S/C14H16N2O2S/c1-10-13(11(2)17)14(19-16-10)15-8-9-18-12-6-4-3-5-7-12/h3-7,15H,8-9H2,1-2H3. The number of rotatable bonds is 6. The molecule has 5 heteroatoms. The molecule has 1 heterocycles. The Morgan fingerprint density at radius 3 is 2.79 bits per heavy atom. The molecule has 4 nitrogen and oxygen atoms in total. The molecular formula is C14H16N2O2S. The Bertz CT molecular complexity index is 552. The summed E-state index contributed by atoms with van der Waals surface area (Å²) in [4.78, 5) is 11.5. The molecule has 0 saturated carbocycles. The second-order valence-corrected chi connectivity index (χ2v) is 4.89. The van der Waals surface area contributed by atoms with Gasteiger partial charge in [-0.3, -0.25) is 4.79 Å². The van der Waals surface area contributed by atoms with E-state index in [1.54, 1.807) is 6.92 Å². The average molecular weight is 276 g/mol. The van der Waals surface area contributed by atoms with E-state index in [0.717, 1.165) is 16.4 Å². The third-order valence-corrected chi connectivity index (χ3v) is 3.51. The van der Waals surface area contributed by atoms with Crippen LogP contribution < -0.4 is 10.1 Å². The molecule has 1 N–H and O–H groups in total. The van der Waals surface area contributed by atoms with E-state index in [1.165, 1.54) is 11.5 Å². The predicted molar refractivity (Wildman–Crippen MR) is 77.3 cm³/mol. The third-order valence-electron chi connectivity index (χ3n) is 2.61. The SMILES string of the molecule is CC(=O)c1c(C)nsc1NCCOc1ccccc1. The first-order chi connectivity index (χ1) is 9.18. The zero-order valence-corrected chi connectivity index (χ0v) is 11.8. The van der Waals surface area contributed by atoms with Crippen molar-refractivity contribution in [3.8, 4) is 5.75 Å². The highest BCUT2D eigenvalue weighted by atomic mass is 32.1. The Morgan fingerprint density at radius 1 is 1.37 bits per heavy atom. The van der Waals surface area contributed by atoms with Gasteiger partial charge in [0.15, 0.2) is 5.78 Å². The molecule has 0 bridgehead atoms. The van der Waals surface area contributed by atoms with E-state index in [2.05, 4.69) is 9.69 Å². The highest BCUT2D eigenvalue weighted by Crippen LogP contribution is 2.24. The van der Waals surface area contributed by atoms with Crippen molar-refractivity contribution in [3.05, 3.63) is 41.6 Å². The molecule has 0 saturated heterocycles. The molecular weight excluding hydrogens is 260 g/mol. The van der Waals surface area contributed by atoms with Crippen molar-refractivity contribution in [1.82, 2.24) is 4.37 Å². The summed E-state index contributed by atoms with van der Waals surface area (Å²) in [6.07, 6.45) is 0. The minimum Gasteiger partial charge on any atom is -0.492 e. The first-order valence-corrected chi connectivity index (χ1v) is 6.84. The molecule has 2 rings (SSSR count). The first kappa shape index (κ1) is 13.5. The Labute approximate surface area is 116 Å². The monoisotopic (exact) mass is 276 g/mol. The summed E-state index contributed by atoms with van der Waals surface area (Å²) >= 11 is 1.31. The first-order valence-electron chi connectivity index (χ1n) is 6.07. The van der Waals surface area contributed by atoms with E-state index in [0.29, 0.717) is 18.7 Å². The van der Waals surface area contributed by atoms with Gasteiger partial charge in [0.2, 0.25) is 0 Å². The van der Waals surface area contributed by atoms with Crippen molar-refractivity contribution >= 4 is 22.3 Å². The van der Waals surface area contributed by atoms with Crippen LogP contribution in [0.1, 0.15) is 23.0 Å². The van der Waals surface area contributed by atoms with E-state index in [-0.39, 0.29) is 5.78 Å². The van der Waals surface area contributed by atoms with Crippen molar-refractivity contribution in [2.45, 2.75) is 13.8 Å². The number of nitrogens with one attached hydrogen (secondary N) is 1. The average Bonchev–Trinajstić information content (AvgIpc) is 2.77. The van der Waals surface area contributed by atoms with Crippen LogP contribution in [-0.2, 0) is 0 Å². The van der Waals surface area contributed by atoms with Gasteiger partial charge in [0.1, 0.15) is 17.4 Å². The largest absolute Gasteiger partial charge is 0.492 e. The van der Waals surface area contributed by atoms with Crippen LogP contribution in [0.2, 0.25) is 0 Å². The number of ketones is 1. The maximum Gasteiger partial charge on any atom is 0.164 e. The van der Waals surface area contributed by atoms with Gasteiger partial charge in [-0.05, 0) is 37.5 Å². The number of hydrogen-bond donors (Lipinski definition) is 1. The predicted octanol–water partition coefficient (Wildman–Crippen LogP) is 3.15. The van der Waals surface area contributed by atoms with E-state index in [1.807, 2.05) is 37.3 Å². The molecule has 0 aliphatic heterocycles. The molecule has 0 unspecified atom stereocenters. The van der Waals surface area contributed by atoms with E-state index < -0.39 is 0 Å². The van der Waals surface area contributed by atoms with Crippen LogP contribution >= 0.6 is 11.5 Å². The maximum absolute atomic E-state index is 11.5. The van der Waals surface area contributed by atoms with Crippen LogP contribution in [-0.4, -0.2) is 23.3 Å². The second-order valence-electron chi connectivity index (χ2n) is 4.12. The molecule has 0 amide bonds. The van der Waals surface area contributed by atoms with E-state index in [4.69, 9.17) is 4.74 Å². The number of hydrogen-bond acceptors (Lipinski definition) is 5. The summed E-state index contributed by atoms with van der Waals surface area (Å²) in [6.45, 7) is 4.58. The van der Waals surface area contributed by atoms with Crippen LogP contribution in [0.15, 0.2) is 30.3 Å². The zero-order chi connectivity index (χ0) is 13.7. The fourth-order valence-electron chi connectivity index (χ4n) is 1.76. The number of para-hydroxylation sites is 1. The van der Waals surface area contributed by atoms with Crippen LogP contribution in [0.3, 0.4) is 0 Å². The van der Waals surface area contributed by atoms with Crippen LogP contribution in [0.4, 0.5) is 5.00 Å². The second kappa shape index (κ2) is 6.33. The topological polar surface area (TPSA) is 51.2 Å². The van der Waals surface area contributed by atoms with Gasteiger partial charge in [-0.15, -0.1) is 0 Å². The fourth-order valence-corrected chi connectivity index (χ4v) is 2.62.